The Labute approximate surface area is 156 Å². The summed E-state index contributed by atoms with van der Waals surface area (Å²) in [4.78, 5) is 25.8. The molecule has 0 aliphatic heterocycles. The van der Waals surface area contributed by atoms with Crippen molar-refractivity contribution in [2.75, 3.05) is 0 Å². The fourth-order valence-electron chi connectivity index (χ4n) is 2.53. The van der Waals surface area contributed by atoms with Crippen LogP contribution in [-0.4, -0.2) is 25.1 Å². The second kappa shape index (κ2) is 6.65. The Kier molecular flexibility index (Phi) is 4.33. The zero-order valence-electron chi connectivity index (χ0n) is 14.3. The van der Waals surface area contributed by atoms with E-state index < -0.39 is 0 Å². The normalized spacial score (nSPS) is 12.6. The van der Waals surface area contributed by atoms with Crippen LogP contribution in [0.2, 0.25) is 0 Å². The lowest BCUT2D eigenvalue weighted by molar-refractivity contribution is 0.464. The van der Waals surface area contributed by atoms with Crippen LogP contribution in [0.15, 0.2) is 39.0 Å². The van der Waals surface area contributed by atoms with E-state index in [1.54, 1.807) is 12.4 Å². The maximum absolute atomic E-state index is 12.4. The van der Waals surface area contributed by atoms with Crippen LogP contribution in [0, 0.1) is 13.8 Å². The molecule has 4 aromatic rings. The Balaban J connectivity index is 1.61. The van der Waals surface area contributed by atoms with Crippen LogP contribution in [0.3, 0.4) is 0 Å². The average molecular weight is 385 g/mol. The summed E-state index contributed by atoms with van der Waals surface area (Å²) in [7, 11) is 0. The Morgan fingerprint density at radius 1 is 1.31 bits per heavy atom. The number of thioether (sulfide) groups is 1. The van der Waals surface area contributed by atoms with Gasteiger partial charge in [0.25, 0.3) is 10.8 Å². The predicted octanol–water partition coefficient (Wildman–Crippen LogP) is 3.90. The van der Waals surface area contributed by atoms with Gasteiger partial charge in [0.15, 0.2) is 0 Å². The molecule has 0 amide bonds. The number of aryl methyl sites for hydroxylation is 2. The van der Waals surface area contributed by atoms with Gasteiger partial charge in [-0.25, -0.2) is 4.98 Å². The summed E-state index contributed by atoms with van der Waals surface area (Å²) in [5, 5.41) is 9.05. The molecule has 0 aliphatic carbocycles. The summed E-state index contributed by atoms with van der Waals surface area (Å²) < 4.78 is 5.69. The second-order valence-electron chi connectivity index (χ2n) is 5.79. The smallest absolute Gasteiger partial charge is 0.277 e. The molecule has 26 heavy (non-hydrogen) atoms. The highest BCUT2D eigenvalue weighted by atomic mass is 32.2. The van der Waals surface area contributed by atoms with Crippen molar-refractivity contribution in [1.82, 2.24) is 25.1 Å². The summed E-state index contributed by atoms with van der Waals surface area (Å²) in [6, 6.07) is 3.66. The molecular formula is C17H15N5O2S2. The van der Waals surface area contributed by atoms with Crippen LogP contribution >= 0.6 is 23.1 Å². The van der Waals surface area contributed by atoms with Crippen LogP contribution in [0.1, 0.15) is 28.4 Å². The van der Waals surface area contributed by atoms with Gasteiger partial charge in [-0.05, 0) is 38.5 Å². The summed E-state index contributed by atoms with van der Waals surface area (Å²) in [6.07, 6.45) is 3.35. The molecule has 4 rings (SSSR count). The van der Waals surface area contributed by atoms with E-state index in [4.69, 9.17) is 4.42 Å². The standard InChI is InChI=1S/C17H15N5O2S2/c1-8-9(2)25-16-12(8)14(23)19-13(20-16)10(3)26-17-22-21-15(24-17)11-5-4-6-18-7-11/h4-7,10H,1-3H3,(H,19,20,23)/t10-/m0/s1. The van der Waals surface area contributed by atoms with Gasteiger partial charge >= 0.3 is 0 Å². The van der Waals surface area contributed by atoms with E-state index in [2.05, 4.69) is 25.1 Å². The van der Waals surface area contributed by atoms with Crippen LogP contribution in [0.5, 0.6) is 0 Å². The topological polar surface area (TPSA) is 97.6 Å². The average Bonchev–Trinajstić information content (AvgIpc) is 3.21. The van der Waals surface area contributed by atoms with Crippen molar-refractivity contribution in [1.29, 1.82) is 0 Å². The number of rotatable bonds is 4. The number of fused-ring (bicyclic) bond motifs is 1. The quantitative estimate of drug-likeness (QED) is 0.532. The van der Waals surface area contributed by atoms with E-state index in [1.807, 2.05) is 32.9 Å². The lowest BCUT2D eigenvalue weighted by Crippen LogP contribution is -2.12. The lowest BCUT2D eigenvalue weighted by Gasteiger charge is -2.07. The molecule has 0 aliphatic rings. The number of pyridine rings is 1. The summed E-state index contributed by atoms with van der Waals surface area (Å²) in [5.41, 5.74) is 1.64. The van der Waals surface area contributed by atoms with Crippen LogP contribution in [0.4, 0.5) is 0 Å². The highest BCUT2D eigenvalue weighted by Crippen LogP contribution is 2.34. The third kappa shape index (κ3) is 3.04. The van der Waals surface area contributed by atoms with Gasteiger partial charge in [0.1, 0.15) is 10.7 Å². The first kappa shape index (κ1) is 16.9. The number of thiophene rings is 1. The number of aromatic nitrogens is 5. The SMILES string of the molecule is Cc1sc2nc([C@H](C)Sc3nnc(-c4cccnc4)o3)[nH]c(=O)c2c1C. The molecule has 0 spiro atoms. The zero-order valence-corrected chi connectivity index (χ0v) is 15.9. The van der Waals surface area contributed by atoms with Crippen LogP contribution in [-0.2, 0) is 0 Å². The second-order valence-corrected chi connectivity index (χ2v) is 8.28. The Hall–Kier alpha value is -2.52. The molecule has 0 aromatic carbocycles. The Morgan fingerprint density at radius 3 is 2.92 bits per heavy atom. The maximum Gasteiger partial charge on any atom is 0.277 e. The molecule has 4 aromatic heterocycles. The van der Waals surface area contributed by atoms with Gasteiger partial charge in [-0.1, -0.05) is 11.8 Å². The number of nitrogens with zero attached hydrogens (tertiary/aromatic N) is 4. The minimum absolute atomic E-state index is 0.110. The predicted molar refractivity (Wildman–Crippen MR) is 102 cm³/mol. The summed E-state index contributed by atoms with van der Waals surface area (Å²) in [6.45, 7) is 5.88. The van der Waals surface area contributed by atoms with Crippen molar-refractivity contribution in [3.05, 3.63) is 51.1 Å². The fourth-order valence-corrected chi connectivity index (χ4v) is 4.31. The number of aromatic amines is 1. The molecule has 0 saturated carbocycles. The number of hydrogen-bond acceptors (Lipinski definition) is 8. The minimum Gasteiger partial charge on any atom is -0.411 e. The maximum atomic E-state index is 12.4. The third-order valence-electron chi connectivity index (χ3n) is 4.03. The summed E-state index contributed by atoms with van der Waals surface area (Å²) >= 11 is 2.89. The van der Waals surface area contributed by atoms with Crippen LogP contribution < -0.4 is 5.56 Å². The molecule has 9 heteroatoms. The van der Waals surface area contributed by atoms with Gasteiger partial charge < -0.3 is 9.40 Å². The molecule has 0 radical (unpaired) electrons. The van der Waals surface area contributed by atoms with Crippen molar-refractivity contribution in [2.45, 2.75) is 31.2 Å². The van der Waals surface area contributed by atoms with Crippen LogP contribution in [0.25, 0.3) is 21.7 Å². The van der Waals surface area contributed by atoms with Gasteiger partial charge in [0.2, 0.25) is 5.89 Å². The van der Waals surface area contributed by atoms with E-state index in [-0.39, 0.29) is 10.8 Å². The van der Waals surface area contributed by atoms with E-state index in [1.165, 1.54) is 23.1 Å². The number of hydrogen-bond donors (Lipinski definition) is 1. The van der Waals surface area contributed by atoms with E-state index in [0.717, 1.165) is 20.8 Å². The molecule has 132 valence electrons. The van der Waals surface area contributed by atoms with Crippen molar-refractivity contribution in [3.63, 3.8) is 0 Å². The Morgan fingerprint density at radius 2 is 2.15 bits per heavy atom. The van der Waals surface area contributed by atoms with Gasteiger partial charge in [0, 0.05) is 17.3 Å². The molecular weight excluding hydrogens is 370 g/mol. The highest BCUT2D eigenvalue weighted by molar-refractivity contribution is 7.99. The molecule has 1 atom stereocenters. The molecule has 0 bridgehead atoms. The monoisotopic (exact) mass is 385 g/mol. The molecule has 0 saturated heterocycles. The van der Waals surface area contributed by atoms with Gasteiger partial charge in [0.05, 0.1) is 16.2 Å². The fraction of sp³-hybridized carbons (Fsp3) is 0.235. The zero-order chi connectivity index (χ0) is 18.3. The van der Waals surface area contributed by atoms with Crippen molar-refractivity contribution >= 4 is 33.3 Å². The lowest BCUT2D eigenvalue weighted by atomic mass is 10.2. The molecule has 4 heterocycles. The first-order chi connectivity index (χ1) is 12.5. The highest BCUT2D eigenvalue weighted by Gasteiger charge is 2.19. The molecule has 0 fully saturated rings. The first-order valence-electron chi connectivity index (χ1n) is 7.93. The third-order valence-corrected chi connectivity index (χ3v) is 6.08. The van der Waals surface area contributed by atoms with Crippen molar-refractivity contribution in [3.8, 4) is 11.5 Å². The number of H-pyrrole nitrogens is 1. The molecule has 0 unspecified atom stereocenters. The molecule has 7 nitrogen and oxygen atoms in total. The van der Waals surface area contributed by atoms with Crippen molar-refractivity contribution < 1.29 is 4.42 Å². The van der Waals surface area contributed by atoms with E-state index >= 15 is 0 Å². The Bertz CT molecular complexity index is 1130. The van der Waals surface area contributed by atoms with E-state index in [9.17, 15) is 4.79 Å². The first-order valence-corrected chi connectivity index (χ1v) is 9.63. The van der Waals surface area contributed by atoms with Gasteiger partial charge in [-0.15, -0.1) is 21.5 Å². The largest absolute Gasteiger partial charge is 0.411 e. The van der Waals surface area contributed by atoms with Gasteiger partial charge in [-0.3, -0.25) is 9.78 Å². The van der Waals surface area contributed by atoms with E-state index in [0.29, 0.717) is 22.3 Å². The minimum atomic E-state index is -0.142. The number of nitrogens with one attached hydrogen (secondary N) is 1. The summed E-state index contributed by atoms with van der Waals surface area (Å²) in [5.74, 6) is 1.00. The van der Waals surface area contributed by atoms with Gasteiger partial charge in [-0.2, -0.15) is 0 Å². The molecule has 1 N–H and O–H groups in total. The van der Waals surface area contributed by atoms with Crippen molar-refractivity contribution in [2.24, 2.45) is 0 Å².